The molecule has 1 aliphatic carbocycles. The molecule has 0 radical (unpaired) electrons. The molecule has 1 aromatic carbocycles. The minimum Gasteiger partial charge on any atom is -0.389 e. The van der Waals surface area contributed by atoms with Crippen LogP contribution >= 0.6 is 21.9 Å². The Hall–Kier alpha value is -3.12. The van der Waals surface area contributed by atoms with E-state index < -0.39 is 16.5 Å². The number of thiazole rings is 1. The van der Waals surface area contributed by atoms with E-state index in [1.807, 2.05) is 0 Å². The van der Waals surface area contributed by atoms with Gasteiger partial charge in [0.15, 0.2) is 17.5 Å². The third kappa shape index (κ3) is 4.71. The number of nitrogens with one attached hydrogen (secondary N) is 1. The van der Waals surface area contributed by atoms with E-state index in [9.17, 15) is 13.9 Å². The molecule has 0 spiro atoms. The van der Waals surface area contributed by atoms with Crippen LogP contribution in [0.2, 0.25) is 0 Å². The number of rotatable bonds is 8. The molecule has 0 saturated carbocycles. The molecule has 1 aliphatic rings. The SMILES string of the molecule is O=C(Nc1nccs1)C(=NOCc1cnccn1)c1ccc(S(O)(O)C2=CC2)cc1. The fourth-order valence-corrected chi connectivity index (χ4v) is 4.35. The quantitative estimate of drug-likeness (QED) is 0.356. The van der Waals surface area contributed by atoms with Crippen LogP contribution in [-0.2, 0) is 16.2 Å². The van der Waals surface area contributed by atoms with E-state index in [2.05, 4.69) is 25.4 Å². The molecule has 0 saturated heterocycles. The number of aromatic nitrogens is 3. The maximum absolute atomic E-state index is 12.8. The van der Waals surface area contributed by atoms with E-state index in [0.29, 0.717) is 32.6 Å². The average Bonchev–Trinajstić information content (AvgIpc) is 3.51. The highest BCUT2D eigenvalue weighted by Gasteiger charge is 2.27. The molecule has 30 heavy (non-hydrogen) atoms. The minimum atomic E-state index is -2.96. The number of amides is 1. The highest BCUT2D eigenvalue weighted by Crippen LogP contribution is 2.61. The summed E-state index contributed by atoms with van der Waals surface area (Å²) in [4.78, 5) is 31.2. The number of hydrogen-bond donors (Lipinski definition) is 3. The summed E-state index contributed by atoms with van der Waals surface area (Å²) in [5, 5.41) is 8.83. The third-order valence-electron chi connectivity index (χ3n) is 4.05. The Morgan fingerprint density at radius 2 is 2.00 bits per heavy atom. The molecule has 4 rings (SSSR count). The summed E-state index contributed by atoms with van der Waals surface area (Å²) in [6.07, 6.45) is 8.57. The van der Waals surface area contributed by atoms with Crippen LogP contribution in [0, 0.1) is 0 Å². The fraction of sp³-hybridized carbons (Fsp3) is 0.105. The molecule has 0 bridgehead atoms. The van der Waals surface area contributed by atoms with Crippen LogP contribution < -0.4 is 5.32 Å². The molecule has 0 fully saturated rings. The summed E-state index contributed by atoms with van der Waals surface area (Å²) in [7, 11) is -2.96. The van der Waals surface area contributed by atoms with Gasteiger partial charge in [0.05, 0.1) is 16.8 Å². The summed E-state index contributed by atoms with van der Waals surface area (Å²) in [6.45, 7) is 0.0364. The number of oxime groups is 1. The molecule has 2 heterocycles. The normalized spacial score (nSPS) is 14.1. The number of carbonyl (C=O) groups is 1. The second kappa shape index (κ2) is 8.71. The van der Waals surface area contributed by atoms with Gasteiger partial charge in [0.1, 0.15) is 0 Å². The number of hydrogen-bond acceptors (Lipinski definition) is 9. The predicted octanol–water partition coefficient (Wildman–Crippen LogP) is 3.89. The summed E-state index contributed by atoms with van der Waals surface area (Å²) in [5.41, 5.74) is 1.03. The van der Waals surface area contributed by atoms with Gasteiger partial charge in [-0.3, -0.25) is 29.2 Å². The number of benzene rings is 1. The standard InChI is InChI=1S/C19H17N5O4S2/c25-18(23-19-22-9-10-29-19)17(24-28-12-14-11-20-7-8-21-14)13-1-3-15(4-2-13)30(26,27)16-5-6-16/h1-5,7-11,26-27H,6,12H2,(H,22,23,25). The van der Waals surface area contributed by atoms with Gasteiger partial charge in [-0.15, -0.1) is 21.9 Å². The Bertz CT molecular complexity index is 1080. The number of carbonyl (C=O) groups excluding carboxylic acids is 1. The Morgan fingerprint density at radius 1 is 1.20 bits per heavy atom. The summed E-state index contributed by atoms with van der Waals surface area (Å²) in [6, 6.07) is 6.33. The van der Waals surface area contributed by atoms with Crippen molar-refractivity contribution < 1.29 is 18.7 Å². The topological polar surface area (TPSA) is 130 Å². The van der Waals surface area contributed by atoms with Crippen molar-refractivity contribution in [2.24, 2.45) is 5.16 Å². The van der Waals surface area contributed by atoms with Crippen molar-refractivity contribution in [2.45, 2.75) is 17.9 Å². The summed E-state index contributed by atoms with van der Waals surface area (Å²) in [5.74, 6) is -0.506. The van der Waals surface area contributed by atoms with Gasteiger partial charge in [0.2, 0.25) is 0 Å². The van der Waals surface area contributed by atoms with Crippen molar-refractivity contribution >= 4 is 38.7 Å². The fourth-order valence-electron chi connectivity index (χ4n) is 2.46. The highest BCUT2D eigenvalue weighted by molar-refractivity contribution is 8.27. The minimum absolute atomic E-state index is 0.0164. The van der Waals surface area contributed by atoms with E-state index in [4.69, 9.17) is 4.84 Å². The zero-order chi connectivity index (χ0) is 21.0. The van der Waals surface area contributed by atoms with Crippen LogP contribution in [0.4, 0.5) is 5.13 Å². The molecule has 3 aromatic rings. The molecule has 0 unspecified atom stereocenters. The molecule has 0 atom stereocenters. The van der Waals surface area contributed by atoms with Gasteiger partial charge in [-0.2, -0.15) is 0 Å². The lowest BCUT2D eigenvalue weighted by atomic mass is 10.1. The second-order valence-electron chi connectivity index (χ2n) is 6.15. The first-order chi connectivity index (χ1) is 14.5. The lowest BCUT2D eigenvalue weighted by Crippen LogP contribution is -2.24. The van der Waals surface area contributed by atoms with E-state index in [1.54, 1.807) is 48.1 Å². The second-order valence-corrected chi connectivity index (χ2v) is 9.14. The van der Waals surface area contributed by atoms with Crippen LogP contribution in [0.15, 0.2) is 75.5 Å². The van der Waals surface area contributed by atoms with Gasteiger partial charge in [-0.05, 0) is 12.1 Å². The average molecular weight is 444 g/mol. The van der Waals surface area contributed by atoms with Crippen LogP contribution in [-0.4, -0.2) is 35.7 Å². The first-order valence-corrected chi connectivity index (χ1v) is 11.2. The van der Waals surface area contributed by atoms with Crippen LogP contribution in [0.1, 0.15) is 17.7 Å². The molecule has 1 amide bonds. The first-order valence-electron chi connectivity index (χ1n) is 8.77. The van der Waals surface area contributed by atoms with Crippen LogP contribution in [0.25, 0.3) is 0 Å². The molecule has 2 aromatic heterocycles. The van der Waals surface area contributed by atoms with Crippen molar-refractivity contribution in [1.82, 2.24) is 15.0 Å². The number of anilines is 1. The Labute approximate surface area is 177 Å². The molecule has 3 N–H and O–H groups in total. The van der Waals surface area contributed by atoms with Gasteiger partial charge < -0.3 is 4.84 Å². The smallest absolute Gasteiger partial charge is 0.280 e. The van der Waals surface area contributed by atoms with E-state index in [0.717, 1.165) is 0 Å². The molecule has 0 aliphatic heterocycles. The van der Waals surface area contributed by atoms with Gasteiger partial charge in [0.25, 0.3) is 5.91 Å². The lowest BCUT2D eigenvalue weighted by molar-refractivity contribution is -0.110. The molecule has 11 heteroatoms. The first kappa shape index (κ1) is 20.2. The van der Waals surface area contributed by atoms with Gasteiger partial charge in [0, 0.05) is 40.9 Å². The zero-order valence-electron chi connectivity index (χ0n) is 15.5. The Balaban J connectivity index is 1.56. The van der Waals surface area contributed by atoms with E-state index in [-0.39, 0.29) is 12.3 Å². The van der Waals surface area contributed by atoms with Gasteiger partial charge >= 0.3 is 0 Å². The maximum Gasteiger partial charge on any atom is 0.280 e. The Morgan fingerprint density at radius 3 is 2.63 bits per heavy atom. The molecular formula is C19H17N5O4S2. The van der Waals surface area contributed by atoms with Gasteiger partial charge in [-0.25, -0.2) is 4.98 Å². The molecule has 154 valence electrons. The van der Waals surface area contributed by atoms with Crippen molar-refractivity contribution in [3.8, 4) is 0 Å². The van der Waals surface area contributed by atoms with Crippen molar-refractivity contribution in [3.05, 3.63) is 76.7 Å². The van der Waals surface area contributed by atoms with Crippen LogP contribution in [0.3, 0.4) is 0 Å². The van der Waals surface area contributed by atoms with Crippen molar-refractivity contribution in [3.63, 3.8) is 0 Å². The number of nitrogens with zero attached hydrogens (tertiary/aromatic N) is 4. The van der Waals surface area contributed by atoms with E-state index >= 15 is 0 Å². The maximum atomic E-state index is 12.8. The molecule has 9 nitrogen and oxygen atoms in total. The number of allylic oxidation sites excluding steroid dienone is 2. The monoisotopic (exact) mass is 443 g/mol. The summed E-state index contributed by atoms with van der Waals surface area (Å²) >= 11 is 1.27. The lowest BCUT2D eigenvalue weighted by Gasteiger charge is -2.30. The predicted molar refractivity (Wildman–Crippen MR) is 114 cm³/mol. The van der Waals surface area contributed by atoms with Crippen molar-refractivity contribution in [2.75, 3.05) is 5.32 Å². The van der Waals surface area contributed by atoms with E-state index in [1.165, 1.54) is 23.7 Å². The van der Waals surface area contributed by atoms with Gasteiger partial charge in [-0.1, -0.05) is 23.4 Å². The largest absolute Gasteiger partial charge is 0.389 e. The zero-order valence-corrected chi connectivity index (χ0v) is 17.1. The third-order valence-corrected chi connectivity index (χ3v) is 6.73. The van der Waals surface area contributed by atoms with Crippen molar-refractivity contribution in [1.29, 1.82) is 0 Å². The highest BCUT2D eigenvalue weighted by atomic mass is 32.3. The Kier molecular flexibility index (Phi) is 5.86. The summed E-state index contributed by atoms with van der Waals surface area (Å²) < 4.78 is 20.6. The van der Waals surface area contributed by atoms with Crippen LogP contribution in [0.5, 0.6) is 0 Å². The molecular weight excluding hydrogens is 426 g/mol.